The third kappa shape index (κ3) is 2.10. The number of nitrogens with two attached hydrogens (primary N) is 1. The second-order valence-electron chi connectivity index (χ2n) is 5.42. The number of halogens is 2. The molecular weight excluding hydrogens is 380 g/mol. The van der Waals surface area contributed by atoms with Gasteiger partial charge in [-0.2, -0.15) is 0 Å². The predicted molar refractivity (Wildman–Crippen MR) is 89.7 cm³/mol. The first-order valence-corrected chi connectivity index (χ1v) is 7.90. The van der Waals surface area contributed by atoms with E-state index in [9.17, 15) is 4.39 Å². The van der Waals surface area contributed by atoms with Gasteiger partial charge >= 0.3 is 0 Å². The van der Waals surface area contributed by atoms with Crippen LogP contribution in [0.15, 0.2) is 42.5 Å². The van der Waals surface area contributed by atoms with Gasteiger partial charge in [-0.25, -0.2) is 9.37 Å². The Labute approximate surface area is 135 Å². The number of imidazole rings is 1. The van der Waals surface area contributed by atoms with E-state index >= 15 is 0 Å². The lowest BCUT2D eigenvalue weighted by atomic mass is 10.1. The average molecular weight is 393 g/mol. The Hall–Kier alpha value is -1.63. The fourth-order valence-electron chi connectivity index (χ4n) is 2.98. The zero-order valence-electron chi connectivity index (χ0n) is 11.1. The Morgan fingerprint density at radius 2 is 2.00 bits per heavy atom. The molecule has 0 radical (unpaired) electrons. The molecule has 0 spiro atoms. The van der Waals surface area contributed by atoms with E-state index in [1.165, 1.54) is 5.56 Å². The summed E-state index contributed by atoms with van der Waals surface area (Å²) in [6.07, 6.45) is 1.02. The van der Waals surface area contributed by atoms with Gasteiger partial charge in [0, 0.05) is 18.0 Å². The van der Waals surface area contributed by atoms with Crippen LogP contribution in [0.3, 0.4) is 0 Å². The summed E-state index contributed by atoms with van der Waals surface area (Å²) < 4.78 is 16.4. The molecule has 5 heteroatoms. The molecule has 0 aliphatic heterocycles. The van der Waals surface area contributed by atoms with Crippen LogP contribution in [0.25, 0.3) is 11.0 Å². The van der Waals surface area contributed by atoms with Crippen LogP contribution in [0.1, 0.15) is 23.9 Å². The van der Waals surface area contributed by atoms with E-state index in [1.54, 1.807) is 12.1 Å². The minimum absolute atomic E-state index is 0.221. The number of nitrogens with zero attached hydrogens (tertiary/aromatic N) is 2. The number of rotatable bonds is 2. The predicted octanol–water partition coefficient (Wildman–Crippen LogP) is 4.09. The first kappa shape index (κ1) is 13.1. The van der Waals surface area contributed by atoms with Crippen molar-refractivity contribution in [3.63, 3.8) is 0 Å². The minimum atomic E-state index is -0.221. The molecule has 1 aliphatic carbocycles. The van der Waals surface area contributed by atoms with E-state index < -0.39 is 0 Å². The summed E-state index contributed by atoms with van der Waals surface area (Å²) in [5.41, 5.74) is 8.91. The molecule has 0 bridgehead atoms. The molecule has 2 atom stereocenters. The van der Waals surface area contributed by atoms with Gasteiger partial charge in [0.2, 0.25) is 5.95 Å². The SMILES string of the molecule is Nc1nc2cc(I)c(F)cc2n1C1CC1c1ccccc1. The molecule has 0 saturated heterocycles. The lowest BCUT2D eigenvalue weighted by Gasteiger charge is -2.06. The van der Waals surface area contributed by atoms with Crippen molar-refractivity contribution in [2.24, 2.45) is 0 Å². The van der Waals surface area contributed by atoms with Crippen molar-refractivity contribution in [2.45, 2.75) is 18.4 Å². The van der Waals surface area contributed by atoms with Crippen LogP contribution < -0.4 is 5.73 Å². The van der Waals surface area contributed by atoms with Crippen molar-refractivity contribution in [1.29, 1.82) is 0 Å². The van der Waals surface area contributed by atoms with Crippen LogP contribution in [0, 0.1) is 9.39 Å². The molecule has 4 rings (SSSR count). The Morgan fingerprint density at radius 3 is 2.76 bits per heavy atom. The van der Waals surface area contributed by atoms with Crippen molar-refractivity contribution in [2.75, 3.05) is 5.73 Å². The molecule has 1 aromatic heterocycles. The maximum atomic E-state index is 13.9. The van der Waals surface area contributed by atoms with E-state index in [4.69, 9.17) is 5.73 Å². The fraction of sp³-hybridized carbons (Fsp3) is 0.188. The monoisotopic (exact) mass is 393 g/mol. The van der Waals surface area contributed by atoms with Crippen LogP contribution in [0.2, 0.25) is 0 Å². The van der Waals surface area contributed by atoms with Gasteiger partial charge in [-0.3, -0.25) is 0 Å². The maximum absolute atomic E-state index is 13.9. The maximum Gasteiger partial charge on any atom is 0.201 e. The lowest BCUT2D eigenvalue weighted by Crippen LogP contribution is -2.02. The summed E-state index contributed by atoms with van der Waals surface area (Å²) in [4.78, 5) is 4.37. The van der Waals surface area contributed by atoms with Crippen molar-refractivity contribution in [1.82, 2.24) is 9.55 Å². The van der Waals surface area contributed by atoms with E-state index in [-0.39, 0.29) is 11.9 Å². The third-order valence-corrected chi connectivity index (χ3v) is 4.90. The number of fused-ring (bicyclic) bond motifs is 1. The number of hydrogen-bond acceptors (Lipinski definition) is 2. The zero-order valence-corrected chi connectivity index (χ0v) is 13.3. The van der Waals surface area contributed by atoms with Gasteiger partial charge in [0.1, 0.15) is 5.82 Å². The number of anilines is 1. The van der Waals surface area contributed by atoms with E-state index in [0.29, 0.717) is 15.4 Å². The second kappa shape index (κ2) is 4.69. The fourth-order valence-corrected chi connectivity index (χ4v) is 3.43. The van der Waals surface area contributed by atoms with Gasteiger partial charge in [0.05, 0.1) is 14.6 Å². The van der Waals surface area contributed by atoms with Crippen LogP contribution in [0.5, 0.6) is 0 Å². The molecule has 21 heavy (non-hydrogen) atoms. The highest BCUT2D eigenvalue weighted by Gasteiger charge is 2.41. The van der Waals surface area contributed by atoms with E-state index in [2.05, 4.69) is 17.1 Å². The van der Waals surface area contributed by atoms with E-state index in [0.717, 1.165) is 17.5 Å². The van der Waals surface area contributed by atoms with Gasteiger partial charge < -0.3 is 10.3 Å². The van der Waals surface area contributed by atoms with Gasteiger partial charge in [-0.05, 0) is 40.6 Å². The van der Waals surface area contributed by atoms with Crippen LogP contribution in [-0.4, -0.2) is 9.55 Å². The molecule has 2 aromatic carbocycles. The van der Waals surface area contributed by atoms with Crippen molar-refractivity contribution < 1.29 is 4.39 Å². The average Bonchev–Trinajstić information content (AvgIpc) is 3.19. The molecule has 1 saturated carbocycles. The first-order valence-electron chi connectivity index (χ1n) is 6.82. The summed E-state index contributed by atoms with van der Waals surface area (Å²) in [5.74, 6) is 0.684. The Kier molecular flexibility index (Phi) is 2.92. The second-order valence-corrected chi connectivity index (χ2v) is 6.58. The van der Waals surface area contributed by atoms with Gasteiger partial charge in [0.15, 0.2) is 0 Å². The molecule has 1 aliphatic rings. The topological polar surface area (TPSA) is 43.8 Å². The molecule has 2 N–H and O–H groups in total. The molecule has 3 nitrogen and oxygen atoms in total. The molecule has 0 amide bonds. The highest BCUT2D eigenvalue weighted by atomic mass is 127. The van der Waals surface area contributed by atoms with E-state index in [1.807, 2.05) is 45.4 Å². The normalized spacial score (nSPS) is 20.9. The number of benzene rings is 2. The van der Waals surface area contributed by atoms with Crippen LogP contribution in [0.4, 0.5) is 10.3 Å². The van der Waals surface area contributed by atoms with Crippen molar-refractivity contribution >= 4 is 39.6 Å². The lowest BCUT2D eigenvalue weighted by molar-refractivity contribution is 0.620. The molecule has 1 fully saturated rings. The molecule has 106 valence electrons. The van der Waals surface area contributed by atoms with Crippen molar-refractivity contribution in [3.8, 4) is 0 Å². The minimum Gasteiger partial charge on any atom is -0.369 e. The van der Waals surface area contributed by atoms with Crippen molar-refractivity contribution in [3.05, 3.63) is 57.4 Å². The molecular formula is C16H13FIN3. The third-order valence-electron chi connectivity index (χ3n) is 4.07. The molecule has 3 aromatic rings. The highest BCUT2D eigenvalue weighted by molar-refractivity contribution is 14.1. The largest absolute Gasteiger partial charge is 0.369 e. The summed E-state index contributed by atoms with van der Waals surface area (Å²) in [6.45, 7) is 0. The Bertz CT molecular complexity index is 828. The first-order chi connectivity index (χ1) is 10.1. The van der Waals surface area contributed by atoms with Gasteiger partial charge in [0.25, 0.3) is 0 Å². The molecule has 2 unspecified atom stereocenters. The standard InChI is InChI=1S/C16H13FIN3/c17-11-7-15-13(8-12(11)18)20-16(19)21(15)14-6-10(14)9-4-2-1-3-5-9/h1-5,7-8,10,14H,6H2,(H2,19,20). The molecule has 1 heterocycles. The number of hydrogen-bond donors (Lipinski definition) is 1. The summed E-state index contributed by atoms with van der Waals surface area (Å²) in [7, 11) is 0. The van der Waals surface area contributed by atoms with Crippen LogP contribution >= 0.6 is 22.6 Å². The van der Waals surface area contributed by atoms with Crippen LogP contribution in [-0.2, 0) is 0 Å². The number of aromatic nitrogens is 2. The summed E-state index contributed by atoms with van der Waals surface area (Å²) >= 11 is 1.97. The quantitative estimate of drug-likeness (QED) is 0.667. The Morgan fingerprint density at radius 1 is 1.24 bits per heavy atom. The number of nitrogen functional groups attached to an aromatic ring is 1. The van der Waals surface area contributed by atoms with Gasteiger partial charge in [-0.15, -0.1) is 0 Å². The smallest absolute Gasteiger partial charge is 0.201 e. The zero-order chi connectivity index (χ0) is 14.6. The highest BCUT2D eigenvalue weighted by Crippen LogP contribution is 2.53. The summed E-state index contributed by atoms with van der Waals surface area (Å²) in [5, 5.41) is 0. The van der Waals surface area contributed by atoms with Gasteiger partial charge in [-0.1, -0.05) is 30.3 Å². The summed E-state index contributed by atoms with van der Waals surface area (Å²) in [6, 6.07) is 13.9. The Balaban J connectivity index is 1.78.